The first-order valence-corrected chi connectivity index (χ1v) is 6.22. The van der Waals surface area contributed by atoms with Crippen LogP contribution < -0.4 is 4.90 Å². The van der Waals surface area contributed by atoms with Crippen molar-refractivity contribution in [3.05, 3.63) is 23.4 Å². The first kappa shape index (κ1) is 12.8. The molecule has 0 aromatic carbocycles. The van der Waals surface area contributed by atoms with E-state index < -0.39 is 5.97 Å². The lowest BCUT2D eigenvalue weighted by Gasteiger charge is -2.22. The molecule has 5 nitrogen and oxygen atoms in total. The van der Waals surface area contributed by atoms with Gasteiger partial charge in [0.15, 0.2) is 0 Å². The van der Waals surface area contributed by atoms with Crippen LogP contribution in [0, 0.1) is 6.92 Å². The summed E-state index contributed by atoms with van der Waals surface area (Å²) in [5.41, 5.74) is 0.864. The molecule has 5 heteroatoms. The molecule has 0 amide bonds. The van der Waals surface area contributed by atoms with Crippen molar-refractivity contribution in [2.45, 2.75) is 13.3 Å². The van der Waals surface area contributed by atoms with Crippen molar-refractivity contribution in [1.29, 1.82) is 0 Å². The summed E-state index contributed by atoms with van der Waals surface area (Å²) in [5.74, 6) is -0.0325. The highest BCUT2D eigenvalue weighted by Gasteiger charge is 2.15. The number of hydrogen-bond acceptors (Lipinski definition) is 4. The lowest BCUT2D eigenvalue weighted by atomic mass is 10.2. The van der Waals surface area contributed by atoms with Crippen LogP contribution in [0.1, 0.15) is 22.5 Å². The Morgan fingerprint density at radius 2 is 2.06 bits per heavy atom. The smallest absolute Gasteiger partial charge is 0.337 e. The van der Waals surface area contributed by atoms with Crippen LogP contribution in [0.4, 0.5) is 5.82 Å². The number of hydrogen-bond donors (Lipinski definition) is 1. The van der Waals surface area contributed by atoms with Gasteiger partial charge in [0.05, 0.1) is 11.3 Å². The molecule has 2 rings (SSSR count). The average molecular weight is 249 g/mol. The summed E-state index contributed by atoms with van der Waals surface area (Å²) in [6, 6.07) is 3.45. The fourth-order valence-electron chi connectivity index (χ4n) is 2.23. The monoisotopic (exact) mass is 249 g/mol. The lowest BCUT2D eigenvalue weighted by molar-refractivity contribution is 0.0695. The minimum Gasteiger partial charge on any atom is -0.478 e. The molecule has 0 bridgehead atoms. The maximum atomic E-state index is 10.9. The standard InChI is InChI=1S/C13H19N3O2/c1-10-11(13(17)18)4-5-12(14-10)16-7-3-6-15(2)8-9-16/h4-5H,3,6-9H2,1-2H3,(H,17,18). The molecular weight excluding hydrogens is 230 g/mol. The van der Waals surface area contributed by atoms with Crippen molar-refractivity contribution in [3.8, 4) is 0 Å². The Morgan fingerprint density at radius 3 is 2.72 bits per heavy atom. The maximum absolute atomic E-state index is 10.9. The molecular formula is C13H19N3O2. The van der Waals surface area contributed by atoms with E-state index in [2.05, 4.69) is 21.8 Å². The fraction of sp³-hybridized carbons (Fsp3) is 0.538. The number of carboxylic acid groups (broad SMARTS) is 1. The number of nitrogens with zero attached hydrogens (tertiary/aromatic N) is 3. The van der Waals surface area contributed by atoms with Gasteiger partial charge in [-0.15, -0.1) is 0 Å². The van der Waals surface area contributed by atoms with Gasteiger partial charge in [0.25, 0.3) is 0 Å². The second-order valence-electron chi connectivity index (χ2n) is 4.75. The zero-order chi connectivity index (χ0) is 13.1. The van der Waals surface area contributed by atoms with E-state index in [0.717, 1.165) is 38.4 Å². The van der Waals surface area contributed by atoms with E-state index >= 15 is 0 Å². The number of pyridine rings is 1. The van der Waals surface area contributed by atoms with E-state index in [1.807, 2.05) is 6.07 Å². The van der Waals surface area contributed by atoms with Crippen molar-refractivity contribution in [3.63, 3.8) is 0 Å². The van der Waals surface area contributed by atoms with Crippen LogP contribution in [0.15, 0.2) is 12.1 Å². The summed E-state index contributed by atoms with van der Waals surface area (Å²) in [5, 5.41) is 8.99. The van der Waals surface area contributed by atoms with Gasteiger partial charge in [0.2, 0.25) is 0 Å². The second kappa shape index (κ2) is 5.35. The quantitative estimate of drug-likeness (QED) is 0.854. The predicted molar refractivity (Wildman–Crippen MR) is 70.3 cm³/mol. The van der Waals surface area contributed by atoms with E-state index in [-0.39, 0.29) is 5.56 Å². The molecule has 0 unspecified atom stereocenters. The third-order valence-corrected chi connectivity index (χ3v) is 3.35. The zero-order valence-electron chi connectivity index (χ0n) is 10.9. The van der Waals surface area contributed by atoms with Gasteiger partial charge >= 0.3 is 5.97 Å². The molecule has 1 aliphatic heterocycles. The highest BCUT2D eigenvalue weighted by molar-refractivity contribution is 5.89. The van der Waals surface area contributed by atoms with E-state index in [9.17, 15) is 4.79 Å². The Morgan fingerprint density at radius 1 is 1.28 bits per heavy atom. The van der Waals surface area contributed by atoms with Crippen molar-refractivity contribution >= 4 is 11.8 Å². The summed E-state index contributed by atoms with van der Waals surface area (Å²) in [6.07, 6.45) is 1.11. The molecule has 0 aliphatic carbocycles. The van der Waals surface area contributed by atoms with Crippen LogP contribution in [-0.2, 0) is 0 Å². The topological polar surface area (TPSA) is 56.7 Å². The Labute approximate surface area is 107 Å². The molecule has 1 aromatic heterocycles. The highest BCUT2D eigenvalue weighted by atomic mass is 16.4. The zero-order valence-corrected chi connectivity index (χ0v) is 10.9. The first-order chi connectivity index (χ1) is 8.58. The van der Waals surface area contributed by atoms with Gasteiger partial charge in [0.1, 0.15) is 5.82 Å². The normalized spacial score (nSPS) is 17.6. The van der Waals surface area contributed by atoms with E-state index in [1.165, 1.54) is 0 Å². The average Bonchev–Trinajstić information content (AvgIpc) is 2.53. The number of carboxylic acids is 1. The molecule has 1 N–H and O–H groups in total. The van der Waals surface area contributed by atoms with Gasteiger partial charge in [-0.2, -0.15) is 0 Å². The summed E-state index contributed by atoms with van der Waals surface area (Å²) in [6.45, 7) is 5.78. The number of aryl methyl sites for hydroxylation is 1. The fourth-order valence-corrected chi connectivity index (χ4v) is 2.23. The van der Waals surface area contributed by atoms with Gasteiger partial charge in [-0.05, 0) is 39.1 Å². The van der Waals surface area contributed by atoms with E-state index in [1.54, 1.807) is 13.0 Å². The van der Waals surface area contributed by atoms with Crippen LogP contribution in [0.25, 0.3) is 0 Å². The number of aromatic carboxylic acids is 1. The van der Waals surface area contributed by atoms with Crippen LogP contribution in [-0.4, -0.2) is 54.2 Å². The maximum Gasteiger partial charge on any atom is 0.337 e. The molecule has 0 spiro atoms. The van der Waals surface area contributed by atoms with E-state index in [0.29, 0.717) is 5.69 Å². The summed E-state index contributed by atoms with van der Waals surface area (Å²) < 4.78 is 0. The molecule has 1 aliphatic rings. The lowest BCUT2D eigenvalue weighted by Crippen LogP contribution is -2.29. The van der Waals surface area contributed by atoms with Crippen molar-refractivity contribution in [1.82, 2.24) is 9.88 Å². The number of carbonyl (C=O) groups is 1. The third-order valence-electron chi connectivity index (χ3n) is 3.35. The number of rotatable bonds is 2. The van der Waals surface area contributed by atoms with Gasteiger partial charge in [-0.1, -0.05) is 0 Å². The molecule has 0 atom stereocenters. The molecule has 1 saturated heterocycles. The number of aromatic nitrogens is 1. The van der Waals surface area contributed by atoms with Gasteiger partial charge in [-0.3, -0.25) is 0 Å². The second-order valence-corrected chi connectivity index (χ2v) is 4.75. The largest absolute Gasteiger partial charge is 0.478 e. The summed E-state index contributed by atoms with van der Waals surface area (Å²) >= 11 is 0. The van der Waals surface area contributed by atoms with Crippen LogP contribution in [0.5, 0.6) is 0 Å². The SMILES string of the molecule is Cc1nc(N2CCCN(C)CC2)ccc1C(=O)O. The summed E-state index contributed by atoms with van der Waals surface area (Å²) in [4.78, 5) is 19.9. The molecule has 1 aromatic rings. The Hall–Kier alpha value is -1.62. The van der Waals surface area contributed by atoms with Crippen molar-refractivity contribution in [2.75, 3.05) is 38.1 Å². The highest BCUT2D eigenvalue weighted by Crippen LogP contribution is 2.16. The minimum atomic E-state index is -0.915. The molecule has 98 valence electrons. The van der Waals surface area contributed by atoms with Crippen molar-refractivity contribution < 1.29 is 9.90 Å². The number of anilines is 1. The van der Waals surface area contributed by atoms with Gasteiger partial charge in [0, 0.05) is 19.6 Å². The third kappa shape index (κ3) is 2.79. The first-order valence-electron chi connectivity index (χ1n) is 6.22. The van der Waals surface area contributed by atoms with Crippen molar-refractivity contribution in [2.24, 2.45) is 0 Å². The Kier molecular flexibility index (Phi) is 3.81. The Bertz CT molecular complexity index is 448. The van der Waals surface area contributed by atoms with E-state index in [4.69, 9.17) is 5.11 Å². The summed E-state index contributed by atoms with van der Waals surface area (Å²) in [7, 11) is 2.12. The van der Waals surface area contributed by atoms with Crippen LogP contribution >= 0.6 is 0 Å². The minimum absolute atomic E-state index is 0.283. The van der Waals surface area contributed by atoms with Crippen LogP contribution in [0.2, 0.25) is 0 Å². The van der Waals surface area contributed by atoms with Crippen LogP contribution in [0.3, 0.4) is 0 Å². The number of likely N-dealkylation sites (N-methyl/N-ethyl adjacent to an activating group) is 1. The van der Waals surface area contributed by atoms with Gasteiger partial charge in [-0.25, -0.2) is 9.78 Å². The molecule has 0 radical (unpaired) electrons. The Balaban J connectivity index is 2.18. The van der Waals surface area contributed by atoms with Gasteiger partial charge < -0.3 is 14.9 Å². The molecule has 0 saturated carbocycles. The molecule has 18 heavy (non-hydrogen) atoms. The molecule has 2 heterocycles. The molecule has 1 fully saturated rings. The predicted octanol–water partition coefficient (Wildman–Crippen LogP) is 1.23.